The molecule has 2 N–H and O–H groups in total. The van der Waals surface area contributed by atoms with Gasteiger partial charge < -0.3 is 5.11 Å². The molecule has 1 saturated heterocycles. The Morgan fingerprint density at radius 1 is 1.33 bits per heavy atom. The van der Waals surface area contributed by atoms with Gasteiger partial charge in [0.1, 0.15) is 0 Å². The molecule has 1 aromatic rings. The molecule has 2 rings (SSSR count). The van der Waals surface area contributed by atoms with Crippen LogP contribution in [-0.4, -0.2) is 22.9 Å². The van der Waals surface area contributed by atoms with Gasteiger partial charge in [-0.15, -0.1) is 0 Å². The lowest BCUT2D eigenvalue weighted by atomic mass is 9.70. The third-order valence-electron chi connectivity index (χ3n) is 3.68. The first-order valence-corrected chi connectivity index (χ1v) is 7.12. The van der Waals surface area contributed by atoms with Crippen molar-refractivity contribution in [3.8, 4) is 0 Å². The SMILES string of the molecule is O=C(O)CCC1(c2ccc(Cl)cc2Cl)CCC(=O)NC1=O. The van der Waals surface area contributed by atoms with Gasteiger partial charge in [0.25, 0.3) is 0 Å². The minimum atomic E-state index is -1.12. The van der Waals surface area contributed by atoms with Crippen LogP contribution in [0.25, 0.3) is 0 Å². The van der Waals surface area contributed by atoms with Crippen LogP contribution in [-0.2, 0) is 19.8 Å². The van der Waals surface area contributed by atoms with Crippen molar-refractivity contribution in [1.29, 1.82) is 0 Å². The molecule has 0 aromatic heterocycles. The van der Waals surface area contributed by atoms with Crippen LogP contribution in [0.15, 0.2) is 18.2 Å². The zero-order chi connectivity index (χ0) is 15.6. The molecule has 1 aliphatic heterocycles. The summed E-state index contributed by atoms with van der Waals surface area (Å²) in [5.41, 5.74) is -0.617. The topological polar surface area (TPSA) is 83.5 Å². The Bertz CT molecular complexity index is 617. The maximum Gasteiger partial charge on any atom is 0.303 e. The van der Waals surface area contributed by atoms with Crippen molar-refractivity contribution in [3.63, 3.8) is 0 Å². The minimum absolute atomic E-state index is 0.0722. The smallest absolute Gasteiger partial charge is 0.303 e. The number of carbonyl (C=O) groups excluding carboxylic acids is 2. The van der Waals surface area contributed by atoms with E-state index in [-0.39, 0.29) is 36.6 Å². The van der Waals surface area contributed by atoms with Crippen molar-refractivity contribution < 1.29 is 19.5 Å². The van der Waals surface area contributed by atoms with Crippen LogP contribution < -0.4 is 5.32 Å². The summed E-state index contributed by atoms with van der Waals surface area (Å²) >= 11 is 12.0. The molecule has 0 bridgehead atoms. The number of imide groups is 1. The van der Waals surface area contributed by atoms with Crippen LogP contribution in [0.2, 0.25) is 10.0 Å². The van der Waals surface area contributed by atoms with Crippen molar-refractivity contribution in [2.24, 2.45) is 0 Å². The molecule has 1 atom stereocenters. The van der Waals surface area contributed by atoms with E-state index in [2.05, 4.69) is 5.32 Å². The van der Waals surface area contributed by atoms with E-state index in [1.54, 1.807) is 12.1 Å². The number of hydrogen-bond acceptors (Lipinski definition) is 3. The van der Waals surface area contributed by atoms with Gasteiger partial charge in [0, 0.05) is 22.9 Å². The van der Waals surface area contributed by atoms with Gasteiger partial charge in [-0.3, -0.25) is 19.7 Å². The second-order valence-electron chi connectivity index (χ2n) is 4.98. The van der Waals surface area contributed by atoms with Crippen LogP contribution in [0.5, 0.6) is 0 Å². The van der Waals surface area contributed by atoms with Gasteiger partial charge in [0.15, 0.2) is 0 Å². The van der Waals surface area contributed by atoms with E-state index in [1.807, 2.05) is 0 Å². The lowest BCUT2D eigenvalue weighted by Gasteiger charge is -2.36. The van der Waals surface area contributed by atoms with Crippen LogP contribution in [0.4, 0.5) is 0 Å². The van der Waals surface area contributed by atoms with Crippen LogP contribution in [0, 0.1) is 0 Å². The van der Waals surface area contributed by atoms with E-state index in [0.29, 0.717) is 10.6 Å². The van der Waals surface area contributed by atoms with E-state index in [4.69, 9.17) is 28.3 Å². The lowest BCUT2D eigenvalue weighted by molar-refractivity contribution is -0.139. The average molecular weight is 330 g/mol. The zero-order valence-electron chi connectivity index (χ0n) is 11.0. The molecular weight excluding hydrogens is 317 g/mol. The summed E-state index contributed by atoms with van der Waals surface area (Å²) in [6, 6.07) is 4.71. The summed E-state index contributed by atoms with van der Waals surface area (Å²) in [5.74, 6) is -1.88. The molecular formula is C14H13Cl2NO4. The lowest BCUT2D eigenvalue weighted by Crippen LogP contribution is -2.51. The largest absolute Gasteiger partial charge is 0.481 e. The maximum absolute atomic E-state index is 12.4. The number of carboxylic acids is 1. The van der Waals surface area contributed by atoms with Gasteiger partial charge in [-0.05, 0) is 30.5 Å². The van der Waals surface area contributed by atoms with Crippen LogP contribution in [0.3, 0.4) is 0 Å². The highest BCUT2D eigenvalue weighted by Crippen LogP contribution is 2.41. The molecule has 21 heavy (non-hydrogen) atoms. The van der Waals surface area contributed by atoms with Gasteiger partial charge in [-0.1, -0.05) is 29.3 Å². The Kier molecular flexibility index (Phi) is 4.54. The fourth-order valence-electron chi connectivity index (χ4n) is 2.58. The first-order chi connectivity index (χ1) is 9.85. The van der Waals surface area contributed by atoms with Crippen molar-refractivity contribution in [2.75, 3.05) is 0 Å². The van der Waals surface area contributed by atoms with Crippen molar-refractivity contribution >= 4 is 41.0 Å². The molecule has 1 aromatic carbocycles. The van der Waals surface area contributed by atoms with Gasteiger partial charge >= 0.3 is 5.97 Å². The molecule has 112 valence electrons. The molecule has 0 saturated carbocycles. The highest BCUT2D eigenvalue weighted by atomic mass is 35.5. The molecule has 1 fully saturated rings. The quantitative estimate of drug-likeness (QED) is 0.831. The van der Waals surface area contributed by atoms with Gasteiger partial charge in [-0.25, -0.2) is 0 Å². The number of aliphatic carboxylic acids is 1. The molecule has 0 radical (unpaired) electrons. The maximum atomic E-state index is 12.4. The van der Waals surface area contributed by atoms with Crippen molar-refractivity contribution in [1.82, 2.24) is 5.32 Å². The number of amides is 2. The third kappa shape index (κ3) is 3.19. The Labute approximate surface area is 131 Å². The first kappa shape index (κ1) is 15.8. The number of benzene rings is 1. The molecule has 1 unspecified atom stereocenters. The van der Waals surface area contributed by atoms with Gasteiger partial charge in [0.05, 0.1) is 5.41 Å². The number of halogens is 2. The Morgan fingerprint density at radius 3 is 2.62 bits per heavy atom. The molecule has 2 amide bonds. The second kappa shape index (κ2) is 6.03. The molecule has 1 heterocycles. The summed E-state index contributed by atoms with van der Waals surface area (Å²) in [4.78, 5) is 34.6. The molecule has 1 aliphatic rings. The Hall–Kier alpha value is -1.59. The van der Waals surface area contributed by atoms with E-state index in [9.17, 15) is 14.4 Å². The number of carboxylic acid groups (broad SMARTS) is 1. The summed E-state index contributed by atoms with van der Waals surface area (Å²) in [6.07, 6.45) is 0.250. The standard InChI is InChI=1S/C14H13Cl2NO4/c15-8-1-2-9(10(16)7-8)14(6-4-12(19)20)5-3-11(18)17-13(14)21/h1-2,7H,3-6H2,(H,19,20)(H,17,18,21). The van der Waals surface area contributed by atoms with Gasteiger partial charge in [-0.2, -0.15) is 0 Å². The van der Waals surface area contributed by atoms with Gasteiger partial charge in [0.2, 0.25) is 11.8 Å². The van der Waals surface area contributed by atoms with E-state index in [1.165, 1.54) is 6.07 Å². The highest BCUT2D eigenvalue weighted by Gasteiger charge is 2.45. The monoisotopic (exact) mass is 329 g/mol. The number of nitrogens with one attached hydrogen (secondary N) is 1. The number of carbonyl (C=O) groups is 3. The van der Waals surface area contributed by atoms with Crippen LogP contribution >= 0.6 is 23.2 Å². The fourth-order valence-corrected chi connectivity index (χ4v) is 3.17. The van der Waals surface area contributed by atoms with Crippen LogP contribution in [0.1, 0.15) is 31.2 Å². The van der Waals surface area contributed by atoms with Crippen molar-refractivity contribution in [3.05, 3.63) is 33.8 Å². The molecule has 0 aliphatic carbocycles. The van der Waals surface area contributed by atoms with E-state index >= 15 is 0 Å². The zero-order valence-corrected chi connectivity index (χ0v) is 12.5. The normalized spacial score (nSPS) is 22.0. The van der Waals surface area contributed by atoms with E-state index < -0.39 is 17.3 Å². The van der Waals surface area contributed by atoms with Crippen molar-refractivity contribution in [2.45, 2.75) is 31.1 Å². The molecule has 0 spiro atoms. The summed E-state index contributed by atoms with van der Waals surface area (Å²) < 4.78 is 0. The fraction of sp³-hybridized carbons (Fsp3) is 0.357. The summed E-state index contributed by atoms with van der Waals surface area (Å²) in [7, 11) is 0. The number of piperidine rings is 1. The third-order valence-corrected chi connectivity index (χ3v) is 4.23. The number of rotatable bonds is 4. The summed E-state index contributed by atoms with van der Waals surface area (Å²) in [6.45, 7) is 0. The Balaban J connectivity index is 2.47. The summed E-state index contributed by atoms with van der Waals surface area (Å²) in [5, 5.41) is 11.9. The minimum Gasteiger partial charge on any atom is -0.481 e. The highest BCUT2D eigenvalue weighted by molar-refractivity contribution is 6.35. The van der Waals surface area contributed by atoms with E-state index in [0.717, 1.165) is 0 Å². The molecule has 7 heteroatoms. The molecule has 5 nitrogen and oxygen atoms in total. The predicted octanol–water partition coefficient (Wildman–Crippen LogP) is 2.53. The predicted molar refractivity (Wildman–Crippen MR) is 77.4 cm³/mol. The average Bonchev–Trinajstić information content (AvgIpc) is 2.39. The second-order valence-corrected chi connectivity index (χ2v) is 5.82. The Morgan fingerprint density at radius 2 is 2.05 bits per heavy atom. The number of hydrogen-bond donors (Lipinski definition) is 2. The first-order valence-electron chi connectivity index (χ1n) is 6.37.